The molecule has 5 nitrogen and oxygen atoms in total. The Labute approximate surface area is 99.8 Å². The lowest BCUT2D eigenvalue weighted by molar-refractivity contribution is -0.109. The van der Waals surface area contributed by atoms with Gasteiger partial charge in [-0.25, -0.2) is 0 Å². The molecule has 0 atom stereocenters. The van der Waals surface area contributed by atoms with Gasteiger partial charge in [-0.2, -0.15) is 0 Å². The van der Waals surface area contributed by atoms with E-state index in [-0.39, 0.29) is 0 Å². The molecule has 1 rings (SSSR count). The predicted molar refractivity (Wildman–Crippen MR) is 69.2 cm³/mol. The van der Waals surface area contributed by atoms with E-state index in [1.54, 1.807) is 4.90 Å². The molecule has 1 aromatic carbocycles. The summed E-state index contributed by atoms with van der Waals surface area (Å²) in [5.41, 5.74) is 6.68. The molecule has 0 aliphatic heterocycles. The van der Waals surface area contributed by atoms with Gasteiger partial charge >= 0.3 is 0 Å². The Morgan fingerprint density at radius 3 is 2.50 bits per heavy atom. The monoisotopic (exact) mass is 238 g/mol. The summed E-state index contributed by atoms with van der Waals surface area (Å²) in [6, 6.07) is 7.44. The second kappa shape index (κ2) is 5.92. The van der Waals surface area contributed by atoms with Crippen LogP contribution in [-0.2, 0) is 4.79 Å². The third-order valence-electron chi connectivity index (χ3n) is 1.84. The van der Waals surface area contributed by atoms with E-state index in [4.69, 9.17) is 12.2 Å². The molecule has 0 saturated heterocycles. The minimum Gasteiger partial charge on any atom is -0.355 e. The molecular weight excluding hydrogens is 224 g/mol. The lowest BCUT2D eigenvalue weighted by atomic mass is 10.3. The first-order valence-electron chi connectivity index (χ1n) is 4.67. The largest absolute Gasteiger partial charge is 0.355 e. The number of hydrogen-bond donors (Lipinski definition) is 3. The van der Waals surface area contributed by atoms with Crippen LogP contribution in [0.2, 0.25) is 0 Å². The molecule has 1 amide bonds. The summed E-state index contributed by atoms with van der Waals surface area (Å²) >= 11 is 5.13. The van der Waals surface area contributed by atoms with Crippen molar-refractivity contribution in [2.75, 3.05) is 24.8 Å². The number of nitrogens with one attached hydrogen (secondary N) is 3. The van der Waals surface area contributed by atoms with Crippen molar-refractivity contribution in [1.82, 2.24) is 10.3 Å². The van der Waals surface area contributed by atoms with Crippen LogP contribution in [0.15, 0.2) is 24.3 Å². The van der Waals surface area contributed by atoms with Crippen molar-refractivity contribution in [1.29, 1.82) is 0 Å². The lowest BCUT2D eigenvalue weighted by Gasteiger charge is -2.18. The van der Waals surface area contributed by atoms with Crippen LogP contribution >= 0.6 is 12.2 Å². The number of rotatable bonds is 4. The molecule has 0 bridgehead atoms. The van der Waals surface area contributed by atoms with Crippen molar-refractivity contribution in [3.05, 3.63) is 24.3 Å². The summed E-state index contributed by atoms with van der Waals surface area (Å²) in [6.45, 7) is 0. The van der Waals surface area contributed by atoms with Gasteiger partial charge < -0.3 is 10.2 Å². The molecule has 0 unspecified atom stereocenters. The summed E-state index contributed by atoms with van der Waals surface area (Å²) in [5.74, 6) is 0. The van der Waals surface area contributed by atoms with Gasteiger partial charge in [0, 0.05) is 14.1 Å². The van der Waals surface area contributed by atoms with Crippen molar-refractivity contribution in [3.63, 3.8) is 0 Å². The van der Waals surface area contributed by atoms with E-state index in [2.05, 4.69) is 16.2 Å². The van der Waals surface area contributed by atoms with Gasteiger partial charge in [0.05, 0.1) is 11.4 Å². The van der Waals surface area contributed by atoms with E-state index < -0.39 is 0 Å². The zero-order valence-electron chi connectivity index (χ0n) is 9.15. The van der Waals surface area contributed by atoms with Crippen molar-refractivity contribution >= 4 is 35.1 Å². The average molecular weight is 238 g/mol. The van der Waals surface area contributed by atoms with E-state index in [1.165, 1.54) is 0 Å². The number of carbonyl (C=O) groups is 1. The van der Waals surface area contributed by atoms with Gasteiger partial charge in [-0.1, -0.05) is 12.1 Å². The van der Waals surface area contributed by atoms with Crippen LogP contribution in [0.25, 0.3) is 0 Å². The maximum absolute atomic E-state index is 10.2. The number of benzene rings is 1. The summed E-state index contributed by atoms with van der Waals surface area (Å²) in [5, 5.41) is 3.66. The van der Waals surface area contributed by atoms with Gasteiger partial charge in [-0.15, -0.1) is 0 Å². The number of thiocarbonyl (C=S) groups is 1. The number of hydrazine groups is 1. The molecule has 0 radical (unpaired) electrons. The van der Waals surface area contributed by atoms with E-state index in [0.717, 1.165) is 11.4 Å². The molecule has 0 fully saturated rings. The summed E-state index contributed by atoms with van der Waals surface area (Å²) < 4.78 is 0. The molecule has 0 saturated carbocycles. The Kier molecular flexibility index (Phi) is 4.53. The van der Waals surface area contributed by atoms with Crippen LogP contribution in [0.4, 0.5) is 11.4 Å². The molecule has 6 heteroatoms. The van der Waals surface area contributed by atoms with Gasteiger partial charge in [-0.3, -0.25) is 15.6 Å². The first-order valence-corrected chi connectivity index (χ1v) is 5.08. The number of para-hydroxylation sites is 2. The fraction of sp³-hybridized carbons (Fsp3) is 0.200. The van der Waals surface area contributed by atoms with Crippen molar-refractivity contribution < 1.29 is 4.79 Å². The Morgan fingerprint density at radius 1 is 1.31 bits per heavy atom. The Balaban J connectivity index is 2.78. The minimum atomic E-state index is 0.570. The number of anilines is 2. The van der Waals surface area contributed by atoms with Gasteiger partial charge in [0.2, 0.25) is 6.41 Å². The Bertz CT molecular complexity index is 381. The molecule has 0 spiro atoms. The van der Waals surface area contributed by atoms with Crippen LogP contribution < -0.4 is 16.2 Å². The molecule has 0 aromatic heterocycles. The summed E-state index contributed by atoms with van der Waals surface area (Å²) in [6.07, 6.45) is 0.570. The molecule has 16 heavy (non-hydrogen) atoms. The van der Waals surface area contributed by atoms with Crippen LogP contribution in [0, 0.1) is 0 Å². The fourth-order valence-electron chi connectivity index (χ4n) is 1.04. The van der Waals surface area contributed by atoms with Gasteiger partial charge in [0.25, 0.3) is 0 Å². The highest BCUT2D eigenvalue weighted by atomic mass is 32.1. The van der Waals surface area contributed by atoms with Gasteiger partial charge in [0.15, 0.2) is 5.11 Å². The maximum Gasteiger partial charge on any atom is 0.225 e. The van der Waals surface area contributed by atoms with Gasteiger partial charge in [-0.05, 0) is 24.4 Å². The molecule has 0 aliphatic rings. The summed E-state index contributed by atoms with van der Waals surface area (Å²) in [4.78, 5) is 12.0. The first kappa shape index (κ1) is 12.3. The fourth-order valence-corrected chi connectivity index (χ4v) is 1.15. The molecular formula is C10H14N4OS. The second-order valence-electron chi connectivity index (χ2n) is 3.26. The van der Waals surface area contributed by atoms with E-state index in [9.17, 15) is 4.79 Å². The first-order chi connectivity index (χ1) is 7.65. The lowest BCUT2D eigenvalue weighted by Crippen LogP contribution is -2.28. The highest BCUT2D eigenvalue weighted by Gasteiger charge is 2.03. The van der Waals surface area contributed by atoms with Crippen LogP contribution in [0.5, 0.6) is 0 Å². The average Bonchev–Trinajstić information content (AvgIpc) is 2.27. The quantitative estimate of drug-likeness (QED) is 0.415. The van der Waals surface area contributed by atoms with Crippen molar-refractivity contribution in [2.45, 2.75) is 0 Å². The highest BCUT2D eigenvalue weighted by Crippen LogP contribution is 2.20. The Morgan fingerprint density at radius 2 is 1.94 bits per heavy atom. The van der Waals surface area contributed by atoms with E-state index in [0.29, 0.717) is 11.5 Å². The van der Waals surface area contributed by atoms with Crippen LogP contribution in [0.1, 0.15) is 0 Å². The number of hydrogen-bond acceptors (Lipinski definition) is 3. The van der Waals surface area contributed by atoms with Crippen LogP contribution in [-0.4, -0.2) is 30.5 Å². The zero-order valence-corrected chi connectivity index (χ0v) is 9.97. The Hall–Kier alpha value is -1.82. The maximum atomic E-state index is 10.2. The third-order valence-corrected chi connectivity index (χ3v) is 2.31. The van der Waals surface area contributed by atoms with Crippen molar-refractivity contribution in [3.8, 4) is 0 Å². The zero-order chi connectivity index (χ0) is 12.0. The number of amides is 1. The van der Waals surface area contributed by atoms with E-state index >= 15 is 0 Å². The summed E-state index contributed by atoms with van der Waals surface area (Å²) in [7, 11) is 3.71. The molecule has 1 aromatic rings. The molecule has 0 heterocycles. The normalized spacial score (nSPS) is 9.12. The highest BCUT2D eigenvalue weighted by molar-refractivity contribution is 7.80. The topological polar surface area (TPSA) is 56.4 Å². The minimum absolute atomic E-state index is 0.570. The smallest absolute Gasteiger partial charge is 0.225 e. The predicted octanol–water partition coefficient (Wildman–Crippen LogP) is 1.02. The number of carbonyl (C=O) groups excluding carboxylic acids is 1. The third kappa shape index (κ3) is 3.39. The SMILES string of the molecule is CN(C)C(=S)Nc1ccccc1NNC=O. The van der Waals surface area contributed by atoms with Crippen LogP contribution in [0.3, 0.4) is 0 Å². The van der Waals surface area contributed by atoms with E-state index in [1.807, 2.05) is 38.4 Å². The molecule has 86 valence electrons. The van der Waals surface area contributed by atoms with Crippen molar-refractivity contribution in [2.24, 2.45) is 0 Å². The number of nitrogens with zero attached hydrogens (tertiary/aromatic N) is 1. The molecule has 3 N–H and O–H groups in total. The standard InChI is InChI=1S/C10H14N4OS/c1-14(2)10(16)12-8-5-3-4-6-9(8)13-11-7-15/h3-7,13H,1-2H3,(H,11,15)(H,12,16). The second-order valence-corrected chi connectivity index (χ2v) is 3.64. The molecule has 0 aliphatic carbocycles. The van der Waals surface area contributed by atoms with Gasteiger partial charge in [0.1, 0.15) is 0 Å².